The Balaban J connectivity index is 2.16. The van der Waals surface area contributed by atoms with Crippen molar-refractivity contribution in [2.45, 2.75) is 19.9 Å². The maximum Gasteiger partial charge on any atom is 0.159 e. The van der Waals surface area contributed by atoms with Gasteiger partial charge in [-0.15, -0.1) is 0 Å². The highest BCUT2D eigenvalue weighted by molar-refractivity contribution is 5.56. The first-order valence-electron chi connectivity index (χ1n) is 6.14. The largest absolute Gasteiger partial charge is 0.366 e. The molecule has 0 aliphatic rings. The predicted molar refractivity (Wildman–Crippen MR) is 72.9 cm³/mol. The first kappa shape index (κ1) is 14.1. The second kappa shape index (κ2) is 6.25. The second-order valence-corrected chi connectivity index (χ2v) is 4.15. The van der Waals surface area contributed by atoms with Crippen LogP contribution in [0.2, 0.25) is 0 Å². The zero-order chi connectivity index (χ0) is 14.5. The molecule has 1 heterocycles. The van der Waals surface area contributed by atoms with Crippen LogP contribution in [0, 0.1) is 11.6 Å². The molecule has 2 rings (SSSR count). The van der Waals surface area contributed by atoms with E-state index >= 15 is 0 Å². The van der Waals surface area contributed by atoms with E-state index in [0.29, 0.717) is 30.2 Å². The van der Waals surface area contributed by atoms with E-state index in [-0.39, 0.29) is 0 Å². The van der Waals surface area contributed by atoms with Crippen LogP contribution in [0.1, 0.15) is 18.1 Å². The molecule has 106 valence electrons. The minimum atomic E-state index is -0.869. The molecule has 0 aliphatic heterocycles. The summed E-state index contributed by atoms with van der Waals surface area (Å²) in [5, 5.41) is 3.07. The van der Waals surface area contributed by atoms with Gasteiger partial charge in [-0.25, -0.2) is 24.6 Å². The number of aromatic nitrogens is 2. The normalized spacial score (nSPS) is 10.4. The Morgan fingerprint density at radius 3 is 2.55 bits per heavy atom. The highest BCUT2D eigenvalue weighted by Gasteiger charge is 2.09. The van der Waals surface area contributed by atoms with E-state index in [1.165, 1.54) is 12.4 Å². The molecule has 0 saturated heterocycles. The lowest BCUT2D eigenvalue weighted by Crippen LogP contribution is -2.14. The van der Waals surface area contributed by atoms with Gasteiger partial charge in [0, 0.05) is 12.1 Å². The van der Waals surface area contributed by atoms with Crippen LogP contribution in [0.25, 0.3) is 0 Å². The Hall–Kier alpha value is -2.28. The van der Waals surface area contributed by atoms with Gasteiger partial charge >= 0.3 is 0 Å². The van der Waals surface area contributed by atoms with Crippen LogP contribution in [0.5, 0.6) is 0 Å². The number of hydrogen-bond acceptors (Lipinski definition) is 5. The van der Waals surface area contributed by atoms with Gasteiger partial charge in [-0.3, -0.25) is 0 Å². The van der Waals surface area contributed by atoms with Gasteiger partial charge in [0.05, 0.1) is 0 Å². The number of nitrogen functional groups attached to an aromatic ring is 1. The first-order chi connectivity index (χ1) is 9.65. The quantitative estimate of drug-likeness (QED) is 0.578. The summed E-state index contributed by atoms with van der Waals surface area (Å²) in [7, 11) is 0. The lowest BCUT2D eigenvalue weighted by Gasteiger charge is -2.12. The number of halogens is 2. The monoisotopic (exact) mass is 279 g/mol. The van der Waals surface area contributed by atoms with Gasteiger partial charge in [-0.2, -0.15) is 0 Å². The van der Waals surface area contributed by atoms with E-state index in [1.54, 1.807) is 0 Å². The minimum Gasteiger partial charge on any atom is -0.366 e. The molecule has 2 aromatic rings. The number of benzene rings is 1. The SMILES string of the molecule is CCc1c(NN)ncnc1NCc1ccc(F)c(F)c1. The summed E-state index contributed by atoms with van der Waals surface area (Å²) in [5.74, 6) is 4.80. The molecular formula is C13H15F2N5. The van der Waals surface area contributed by atoms with Crippen molar-refractivity contribution in [1.29, 1.82) is 0 Å². The van der Waals surface area contributed by atoms with Crippen LogP contribution in [-0.2, 0) is 13.0 Å². The Morgan fingerprint density at radius 1 is 1.15 bits per heavy atom. The van der Waals surface area contributed by atoms with Crippen molar-refractivity contribution >= 4 is 11.6 Å². The summed E-state index contributed by atoms with van der Waals surface area (Å²) < 4.78 is 26.0. The van der Waals surface area contributed by atoms with E-state index in [9.17, 15) is 8.78 Å². The standard InChI is InChI=1S/C13H15F2N5/c1-2-9-12(18-7-19-13(9)20-16)17-6-8-3-4-10(14)11(15)5-8/h3-5,7H,2,6,16H2,1H3,(H2,17,18,19,20). The molecule has 0 unspecified atom stereocenters. The number of anilines is 2. The van der Waals surface area contributed by atoms with Crippen molar-refractivity contribution in [2.75, 3.05) is 10.7 Å². The van der Waals surface area contributed by atoms with Crippen molar-refractivity contribution in [3.63, 3.8) is 0 Å². The maximum absolute atomic E-state index is 13.1. The van der Waals surface area contributed by atoms with Crippen LogP contribution in [-0.4, -0.2) is 9.97 Å². The van der Waals surface area contributed by atoms with Crippen LogP contribution < -0.4 is 16.6 Å². The fourth-order valence-electron chi connectivity index (χ4n) is 1.86. The van der Waals surface area contributed by atoms with Crippen molar-refractivity contribution in [2.24, 2.45) is 5.84 Å². The van der Waals surface area contributed by atoms with Gasteiger partial charge in [0.25, 0.3) is 0 Å². The molecule has 0 aliphatic carbocycles. The third-order valence-electron chi connectivity index (χ3n) is 2.88. The van der Waals surface area contributed by atoms with Gasteiger partial charge in [0.1, 0.15) is 18.0 Å². The molecule has 4 N–H and O–H groups in total. The van der Waals surface area contributed by atoms with Gasteiger partial charge in [0.2, 0.25) is 0 Å². The summed E-state index contributed by atoms with van der Waals surface area (Å²) in [6.45, 7) is 2.27. The van der Waals surface area contributed by atoms with Crippen molar-refractivity contribution < 1.29 is 8.78 Å². The molecule has 0 amide bonds. The number of nitrogens with one attached hydrogen (secondary N) is 2. The number of nitrogens with zero attached hydrogens (tertiary/aromatic N) is 2. The average Bonchev–Trinajstić information content (AvgIpc) is 2.47. The second-order valence-electron chi connectivity index (χ2n) is 4.15. The molecule has 7 heteroatoms. The highest BCUT2D eigenvalue weighted by Crippen LogP contribution is 2.20. The molecule has 0 bridgehead atoms. The number of nitrogens with two attached hydrogens (primary N) is 1. The van der Waals surface area contributed by atoms with Crippen molar-refractivity contribution in [3.8, 4) is 0 Å². The van der Waals surface area contributed by atoms with Crippen LogP contribution in [0.4, 0.5) is 20.4 Å². The maximum atomic E-state index is 13.1. The van der Waals surface area contributed by atoms with E-state index in [4.69, 9.17) is 5.84 Å². The van der Waals surface area contributed by atoms with Crippen molar-refractivity contribution in [3.05, 3.63) is 47.3 Å². The Morgan fingerprint density at radius 2 is 1.90 bits per heavy atom. The van der Waals surface area contributed by atoms with Gasteiger partial charge in [-0.1, -0.05) is 13.0 Å². The smallest absolute Gasteiger partial charge is 0.159 e. The summed E-state index contributed by atoms with van der Waals surface area (Å²) >= 11 is 0. The summed E-state index contributed by atoms with van der Waals surface area (Å²) in [4.78, 5) is 8.14. The predicted octanol–water partition coefficient (Wildman–Crippen LogP) is 2.21. The molecule has 5 nitrogen and oxygen atoms in total. The third kappa shape index (κ3) is 3.00. The van der Waals surface area contributed by atoms with Crippen LogP contribution in [0.3, 0.4) is 0 Å². The van der Waals surface area contributed by atoms with Gasteiger partial charge in [0.15, 0.2) is 11.6 Å². The Labute approximate surface area is 115 Å². The van der Waals surface area contributed by atoms with Gasteiger partial charge in [-0.05, 0) is 24.1 Å². The number of rotatable bonds is 5. The topological polar surface area (TPSA) is 75.9 Å². The summed E-state index contributed by atoms with van der Waals surface area (Å²) in [5.41, 5.74) is 3.95. The fraction of sp³-hybridized carbons (Fsp3) is 0.231. The summed E-state index contributed by atoms with van der Waals surface area (Å²) in [6, 6.07) is 3.76. The molecular weight excluding hydrogens is 264 g/mol. The molecule has 0 fully saturated rings. The molecule has 0 radical (unpaired) electrons. The fourth-order valence-corrected chi connectivity index (χ4v) is 1.86. The lowest BCUT2D eigenvalue weighted by molar-refractivity contribution is 0.507. The van der Waals surface area contributed by atoms with E-state index in [2.05, 4.69) is 20.7 Å². The van der Waals surface area contributed by atoms with E-state index in [1.807, 2.05) is 6.92 Å². The molecule has 0 atom stereocenters. The lowest BCUT2D eigenvalue weighted by atomic mass is 10.2. The number of hydrogen-bond donors (Lipinski definition) is 3. The van der Waals surface area contributed by atoms with E-state index in [0.717, 1.165) is 17.7 Å². The Bertz CT molecular complexity index is 603. The zero-order valence-corrected chi connectivity index (χ0v) is 11.0. The highest BCUT2D eigenvalue weighted by atomic mass is 19.2. The van der Waals surface area contributed by atoms with Crippen LogP contribution in [0.15, 0.2) is 24.5 Å². The zero-order valence-electron chi connectivity index (χ0n) is 11.0. The molecule has 1 aromatic heterocycles. The van der Waals surface area contributed by atoms with Gasteiger partial charge < -0.3 is 10.7 Å². The molecule has 20 heavy (non-hydrogen) atoms. The number of hydrazine groups is 1. The van der Waals surface area contributed by atoms with Crippen LogP contribution >= 0.6 is 0 Å². The Kier molecular flexibility index (Phi) is 4.41. The molecule has 0 spiro atoms. The van der Waals surface area contributed by atoms with Crippen molar-refractivity contribution in [1.82, 2.24) is 9.97 Å². The molecule has 1 aromatic carbocycles. The summed E-state index contributed by atoms with van der Waals surface area (Å²) in [6.07, 6.45) is 2.06. The third-order valence-corrected chi connectivity index (χ3v) is 2.88. The minimum absolute atomic E-state index is 0.325. The average molecular weight is 279 g/mol. The van der Waals surface area contributed by atoms with E-state index < -0.39 is 11.6 Å². The molecule has 0 saturated carbocycles. The first-order valence-corrected chi connectivity index (χ1v) is 6.14.